The van der Waals surface area contributed by atoms with Gasteiger partial charge in [0.05, 0.1) is 0 Å². The van der Waals surface area contributed by atoms with E-state index in [2.05, 4.69) is 34.2 Å². The van der Waals surface area contributed by atoms with Crippen molar-refractivity contribution >= 4 is 11.8 Å². The van der Waals surface area contributed by atoms with Crippen LogP contribution in [0, 0.1) is 6.92 Å². The van der Waals surface area contributed by atoms with Crippen LogP contribution in [0.25, 0.3) is 0 Å². The van der Waals surface area contributed by atoms with Gasteiger partial charge in [-0.3, -0.25) is 0 Å². The quantitative estimate of drug-likeness (QED) is 0.858. The number of hydrogen-bond acceptors (Lipinski definition) is 4. The molecule has 0 saturated heterocycles. The predicted octanol–water partition coefficient (Wildman–Crippen LogP) is 2.83. The lowest BCUT2D eigenvalue weighted by molar-refractivity contribution is 0.737. The molecule has 0 aliphatic rings. The van der Waals surface area contributed by atoms with E-state index in [0.717, 1.165) is 22.0 Å². The molecule has 0 saturated carbocycles. The molecular formula is C14H17N3S. The lowest BCUT2D eigenvalue weighted by Gasteiger charge is -2.06. The van der Waals surface area contributed by atoms with Gasteiger partial charge in [0.2, 0.25) is 0 Å². The second-order valence-electron chi connectivity index (χ2n) is 4.47. The number of aromatic nitrogens is 2. The first-order chi connectivity index (χ1) is 8.63. The minimum Gasteiger partial charge on any atom is -0.328 e. The third-order valence-corrected chi connectivity index (χ3v) is 3.35. The van der Waals surface area contributed by atoms with Crippen LogP contribution in [-0.4, -0.2) is 16.0 Å². The fourth-order valence-corrected chi connectivity index (χ4v) is 2.30. The normalized spacial score (nSPS) is 12.4. The Morgan fingerprint density at radius 2 is 1.78 bits per heavy atom. The van der Waals surface area contributed by atoms with E-state index < -0.39 is 0 Å². The summed E-state index contributed by atoms with van der Waals surface area (Å²) in [5, 5.41) is 0.778. The SMILES string of the molecule is Cc1cnc(Sc2ccc(CC(C)N)cc2)nc1. The fraction of sp³-hybridized carbons (Fsp3) is 0.286. The second-order valence-corrected chi connectivity index (χ2v) is 5.51. The Kier molecular flexibility index (Phi) is 4.33. The Balaban J connectivity index is 2.04. The summed E-state index contributed by atoms with van der Waals surface area (Å²) in [5.74, 6) is 0. The number of hydrogen-bond donors (Lipinski definition) is 1. The molecule has 0 fully saturated rings. The summed E-state index contributed by atoms with van der Waals surface area (Å²) in [6.45, 7) is 4.00. The summed E-state index contributed by atoms with van der Waals surface area (Å²) in [4.78, 5) is 9.70. The van der Waals surface area contributed by atoms with E-state index in [-0.39, 0.29) is 6.04 Å². The molecular weight excluding hydrogens is 242 g/mol. The van der Waals surface area contributed by atoms with Crippen LogP contribution >= 0.6 is 11.8 Å². The van der Waals surface area contributed by atoms with Crippen LogP contribution in [-0.2, 0) is 6.42 Å². The molecule has 1 atom stereocenters. The molecule has 0 amide bonds. The molecule has 94 valence electrons. The van der Waals surface area contributed by atoms with Gasteiger partial charge in [-0.2, -0.15) is 0 Å². The number of rotatable bonds is 4. The van der Waals surface area contributed by atoms with Crippen molar-refractivity contribution in [2.75, 3.05) is 0 Å². The topological polar surface area (TPSA) is 51.8 Å². The Labute approximate surface area is 112 Å². The largest absolute Gasteiger partial charge is 0.328 e. The van der Waals surface area contributed by atoms with Crippen LogP contribution in [0.4, 0.5) is 0 Å². The molecule has 1 unspecified atom stereocenters. The summed E-state index contributed by atoms with van der Waals surface area (Å²) in [6, 6.07) is 8.60. The molecule has 0 aliphatic heterocycles. The molecule has 0 bridgehead atoms. The number of nitrogens with zero attached hydrogens (tertiary/aromatic N) is 2. The van der Waals surface area contributed by atoms with E-state index in [1.807, 2.05) is 26.2 Å². The van der Waals surface area contributed by atoms with Gasteiger partial charge in [0, 0.05) is 23.3 Å². The maximum Gasteiger partial charge on any atom is 0.192 e. The van der Waals surface area contributed by atoms with Crippen molar-refractivity contribution in [3.8, 4) is 0 Å². The van der Waals surface area contributed by atoms with Crippen molar-refractivity contribution in [2.45, 2.75) is 36.4 Å². The third kappa shape index (κ3) is 3.82. The van der Waals surface area contributed by atoms with Crippen molar-refractivity contribution in [3.63, 3.8) is 0 Å². The first kappa shape index (κ1) is 13.1. The zero-order valence-electron chi connectivity index (χ0n) is 10.6. The highest BCUT2D eigenvalue weighted by molar-refractivity contribution is 7.99. The number of aryl methyl sites for hydroxylation is 1. The molecule has 2 N–H and O–H groups in total. The Bertz CT molecular complexity index is 491. The van der Waals surface area contributed by atoms with Crippen LogP contribution in [0.3, 0.4) is 0 Å². The van der Waals surface area contributed by atoms with E-state index in [1.54, 1.807) is 11.8 Å². The molecule has 1 aromatic carbocycles. The maximum atomic E-state index is 5.77. The van der Waals surface area contributed by atoms with Gasteiger partial charge in [-0.05, 0) is 55.3 Å². The smallest absolute Gasteiger partial charge is 0.192 e. The zero-order chi connectivity index (χ0) is 13.0. The average molecular weight is 259 g/mol. The highest BCUT2D eigenvalue weighted by Gasteiger charge is 2.02. The van der Waals surface area contributed by atoms with Crippen molar-refractivity contribution in [1.29, 1.82) is 0 Å². The summed E-state index contributed by atoms with van der Waals surface area (Å²) < 4.78 is 0. The molecule has 1 aromatic heterocycles. The highest BCUT2D eigenvalue weighted by atomic mass is 32.2. The summed E-state index contributed by atoms with van der Waals surface area (Å²) >= 11 is 1.57. The van der Waals surface area contributed by atoms with Gasteiger partial charge in [0.1, 0.15) is 0 Å². The lowest BCUT2D eigenvalue weighted by atomic mass is 10.1. The molecule has 4 heteroatoms. The fourth-order valence-electron chi connectivity index (χ4n) is 1.60. The van der Waals surface area contributed by atoms with Crippen LogP contribution in [0.2, 0.25) is 0 Å². The summed E-state index contributed by atoms with van der Waals surface area (Å²) in [6.07, 6.45) is 4.57. The van der Waals surface area contributed by atoms with E-state index in [0.29, 0.717) is 0 Å². The maximum absolute atomic E-state index is 5.77. The molecule has 2 rings (SSSR count). The number of benzene rings is 1. The van der Waals surface area contributed by atoms with Crippen molar-refractivity contribution < 1.29 is 0 Å². The van der Waals surface area contributed by atoms with Crippen molar-refractivity contribution in [1.82, 2.24) is 9.97 Å². The molecule has 2 aromatic rings. The Hall–Kier alpha value is -1.39. The van der Waals surface area contributed by atoms with E-state index in [1.165, 1.54) is 5.56 Å². The first-order valence-corrected chi connectivity index (χ1v) is 6.76. The summed E-state index contributed by atoms with van der Waals surface area (Å²) in [5.41, 5.74) is 8.11. The average Bonchev–Trinajstić information content (AvgIpc) is 2.34. The minimum absolute atomic E-state index is 0.198. The Morgan fingerprint density at radius 3 is 2.33 bits per heavy atom. The third-order valence-electron chi connectivity index (χ3n) is 2.45. The Morgan fingerprint density at radius 1 is 1.17 bits per heavy atom. The molecule has 18 heavy (non-hydrogen) atoms. The molecule has 0 aliphatic carbocycles. The second kappa shape index (κ2) is 5.98. The molecule has 0 spiro atoms. The lowest BCUT2D eigenvalue weighted by Crippen LogP contribution is -2.17. The first-order valence-electron chi connectivity index (χ1n) is 5.94. The van der Waals surface area contributed by atoms with Crippen LogP contribution in [0.1, 0.15) is 18.1 Å². The molecule has 1 heterocycles. The van der Waals surface area contributed by atoms with Gasteiger partial charge in [-0.1, -0.05) is 12.1 Å². The zero-order valence-corrected chi connectivity index (χ0v) is 11.4. The summed E-state index contributed by atoms with van der Waals surface area (Å²) in [7, 11) is 0. The van der Waals surface area contributed by atoms with E-state index in [9.17, 15) is 0 Å². The van der Waals surface area contributed by atoms with Gasteiger partial charge < -0.3 is 5.73 Å². The molecule has 0 radical (unpaired) electrons. The van der Waals surface area contributed by atoms with Crippen molar-refractivity contribution in [2.24, 2.45) is 5.73 Å². The van der Waals surface area contributed by atoms with Gasteiger partial charge in [0.25, 0.3) is 0 Å². The van der Waals surface area contributed by atoms with Gasteiger partial charge in [-0.25, -0.2) is 9.97 Å². The number of nitrogens with two attached hydrogens (primary N) is 1. The molecule has 3 nitrogen and oxygen atoms in total. The monoisotopic (exact) mass is 259 g/mol. The van der Waals surface area contributed by atoms with Crippen LogP contribution in [0.5, 0.6) is 0 Å². The van der Waals surface area contributed by atoms with Crippen LogP contribution in [0.15, 0.2) is 46.7 Å². The van der Waals surface area contributed by atoms with E-state index in [4.69, 9.17) is 5.73 Å². The van der Waals surface area contributed by atoms with E-state index >= 15 is 0 Å². The van der Waals surface area contributed by atoms with Crippen LogP contribution < -0.4 is 5.73 Å². The van der Waals surface area contributed by atoms with Crippen molar-refractivity contribution in [3.05, 3.63) is 47.8 Å². The van der Waals surface area contributed by atoms with Gasteiger partial charge in [-0.15, -0.1) is 0 Å². The standard InChI is InChI=1S/C14H17N3S/c1-10-8-16-14(17-9-10)18-13-5-3-12(4-6-13)7-11(2)15/h3-6,8-9,11H,7,15H2,1-2H3. The van der Waals surface area contributed by atoms with Gasteiger partial charge >= 0.3 is 0 Å². The highest BCUT2D eigenvalue weighted by Crippen LogP contribution is 2.24. The van der Waals surface area contributed by atoms with Gasteiger partial charge in [0.15, 0.2) is 5.16 Å². The minimum atomic E-state index is 0.198. The predicted molar refractivity (Wildman–Crippen MR) is 74.7 cm³/mol.